The van der Waals surface area contributed by atoms with Gasteiger partial charge in [0.2, 0.25) is 0 Å². The zero-order chi connectivity index (χ0) is 11.4. The Morgan fingerprint density at radius 1 is 1.12 bits per heavy atom. The van der Waals surface area contributed by atoms with Crippen molar-refractivity contribution in [2.24, 2.45) is 5.92 Å². The largest absolute Gasteiger partial charge is 0.393 e. The zero-order valence-corrected chi connectivity index (χ0v) is 10.1. The van der Waals surface area contributed by atoms with E-state index in [1.807, 2.05) is 0 Å². The quantitative estimate of drug-likeness (QED) is 0.800. The lowest BCUT2D eigenvalue weighted by Crippen LogP contribution is -2.43. The number of aliphatic hydroxyl groups is 1. The van der Waals surface area contributed by atoms with Crippen molar-refractivity contribution < 1.29 is 9.50 Å². The fourth-order valence-electron chi connectivity index (χ4n) is 3.47. The molecule has 0 radical (unpaired) electrons. The van der Waals surface area contributed by atoms with Gasteiger partial charge in [0, 0.05) is 18.5 Å². The highest BCUT2D eigenvalue weighted by Crippen LogP contribution is 2.34. The molecule has 2 fully saturated rings. The molecular formula is C13H24FNO. The van der Waals surface area contributed by atoms with Crippen molar-refractivity contribution in [2.75, 3.05) is 19.8 Å². The van der Waals surface area contributed by atoms with Gasteiger partial charge in [0.05, 0.1) is 12.8 Å². The number of aliphatic hydroxyl groups excluding tert-OH is 1. The molecule has 3 atom stereocenters. The van der Waals surface area contributed by atoms with Gasteiger partial charge in [-0.25, -0.2) is 0 Å². The van der Waals surface area contributed by atoms with Crippen LogP contribution in [0.2, 0.25) is 0 Å². The van der Waals surface area contributed by atoms with Gasteiger partial charge in [-0.1, -0.05) is 12.8 Å². The van der Waals surface area contributed by atoms with E-state index < -0.39 is 0 Å². The van der Waals surface area contributed by atoms with E-state index in [9.17, 15) is 9.50 Å². The second kappa shape index (κ2) is 5.97. The molecule has 0 amide bonds. The van der Waals surface area contributed by atoms with E-state index in [0.717, 1.165) is 25.9 Å². The van der Waals surface area contributed by atoms with Crippen LogP contribution in [0.15, 0.2) is 0 Å². The highest BCUT2D eigenvalue weighted by atomic mass is 19.1. The summed E-state index contributed by atoms with van der Waals surface area (Å²) in [5, 5.41) is 10.1. The minimum atomic E-state index is -0.212. The van der Waals surface area contributed by atoms with Crippen molar-refractivity contribution in [3.8, 4) is 0 Å². The van der Waals surface area contributed by atoms with Crippen LogP contribution >= 0.6 is 0 Å². The first-order chi connectivity index (χ1) is 7.83. The smallest absolute Gasteiger partial charge is 0.0906 e. The summed E-state index contributed by atoms with van der Waals surface area (Å²) in [5.74, 6) is 0.455. The molecular weight excluding hydrogens is 205 g/mol. The predicted molar refractivity (Wildman–Crippen MR) is 63.2 cm³/mol. The molecule has 1 saturated heterocycles. The summed E-state index contributed by atoms with van der Waals surface area (Å²) < 4.78 is 12.2. The van der Waals surface area contributed by atoms with Crippen molar-refractivity contribution in [1.29, 1.82) is 0 Å². The second-order valence-corrected chi connectivity index (χ2v) is 5.30. The third-order valence-electron chi connectivity index (χ3n) is 4.27. The van der Waals surface area contributed by atoms with E-state index in [4.69, 9.17) is 0 Å². The number of hydrogen-bond donors (Lipinski definition) is 1. The Morgan fingerprint density at radius 2 is 1.94 bits per heavy atom. The third-order valence-corrected chi connectivity index (χ3v) is 4.27. The molecule has 0 aromatic rings. The average molecular weight is 229 g/mol. The van der Waals surface area contributed by atoms with E-state index in [0.29, 0.717) is 18.4 Å². The van der Waals surface area contributed by atoms with Crippen LogP contribution in [-0.2, 0) is 0 Å². The van der Waals surface area contributed by atoms with E-state index in [1.54, 1.807) is 0 Å². The zero-order valence-electron chi connectivity index (χ0n) is 10.1. The van der Waals surface area contributed by atoms with E-state index >= 15 is 0 Å². The molecule has 1 N–H and O–H groups in total. The van der Waals surface area contributed by atoms with Gasteiger partial charge in [-0.05, 0) is 38.6 Å². The SMILES string of the molecule is OC1CCCCC1C1CCCN1CCCF. The van der Waals surface area contributed by atoms with Crippen LogP contribution in [-0.4, -0.2) is 41.9 Å². The maximum atomic E-state index is 12.2. The summed E-state index contributed by atoms with van der Waals surface area (Å²) in [6.45, 7) is 1.77. The molecule has 1 aliphatic heterocycles. The molecule has 3 unspecified atom stereocenters. The highest BCUT2D eigenvalue weighted by Gasteiger charge is 2.36. The first kappa shape index (κ1) is 12.3. The van der Waals surface area contributed by atoms with Crippen LogP contribution in [0.1, 0.15) is 44.9 Å². The first-order valence-electron chi connectivity index (χ1n) is 6.81. The number of alkyl halides is 1. The molecule has 1 aliphatic carbocycles. The van der Waals surface area contributed by atoms with Crippen LogP contribution in [0, 0.1) is 5.92 Å². The number of halogens is 1. The Kier molecular flexibility index (Phi) is 4.59. The Labute approximate surface area is 97.8 Å². The van der Waals surface area contributed by atoms with Gasteiger partial charge >= 0.3 is 0 Å². The summed E-state index contributed by atoms with van der Waals surface area (Å²) in [5.41, 5.74) is 0. The van der Waals surface area contributed by atoms with Gasteiger partial charge in [0.1, 0.15) is 0 Å². The number of nitrogens with zero attached hydrogens (tertiary/aromatic N) is 1. The van der Waals surface area contributed by atoms with Gasteiger partial charge in [0.25, 0.3) is 0 Å². The van der Waals surface area contributed by atoms with Gasteiger partial charge in [0.15, 0.2) is 0 Å². The molecule has 2 aliphatic rings. The van der Waals surface area contributed by atoms with E-state index in [1.165, 1.54) is 25.7 Å². The molecule has 1 saturated carbocycles. The second-order valence-electron chi connectivity index (χ2n) is 5.30. The summed E-state index contributed by atoms with van der Waals surface area (Å²) in [6.07, 6.45) is 7.54. The lowest BCUT2D eigenvalue weighted by molar-refractivity contribution is 0.0216. The minimum absolute atomic E-state index is 0.107. The lowest BCUT2D eigenvalue weighted by Gasteiger charge is -2.37. The highest BCUT2D eigenvalue weighted by molar-refractivity contribution is 4.90. The average Bonchev–Trinajstić information content (AvgIpc) is 2.75. The van der Waals surface area contributed by atoms with Crippen LogP contribution < -0.4 is 0 Å². The third kappa shape index (κ3) is 2.75. The molecule has 2 nitrogen and oxygen atoms in total. The maximum Gasteiger partial charge on any atom is 0.0906 e. The monoisotopic (exact) mass is 229 g/mol. The van der Waals surface area contributed by atoms with Gasteiger partial charge in [-0.2, -0.15) is 0 Å². The predicted octanol–water partition coefficient (Wildman–Crippen LogP) is 2.36. The minimum Gasteiger partial charge on any atom is -0.393 e. The standard InChI is InChI=1S/C13H24FNO/c14-8-4-10-15-9-3-6-12(15)11-5-1-2-7-13(11)16/h11-13,16H,1-10H2. The Bertz CT molecular complexity index is 212. The van der Waals surface area contributed by atoms with Crippen LogP contribution in [0.5, 0.6) is 0 Å². The van der Waals surface area contributed by atoms with Crippen molar-refractivity contribution in [3.05, 3.63) is 0 Å². The summed E-state index contributed by atoms with van der Waals surface area (Å²) >= 11 is 0. The van der Waals surface area contributed by atoms with Crippen LogP contribution in [0.3, 0.4) is 0 Å². The first-order valence-corrected chi connectivity index (χ1v) is 6.81. The molecule has 16 heavy (non-hydrogen) atoms. The fourth-order valence-corrected chi connectivity index (χ4v) is 3.47. The van der Waals surface area contributed by atoms with Crippen LogP contribution in [0.4, 0.5) is 4.39 Å². The van der Waals surface area contributed by atoms with E-state index in [2.05, 4.69) is 4.90 Å². The molecule has 3 heteroatoms. The van der Waals surface area contributed by atoms with Crippen molar-refractivity contribution in [1.82, 2.24) is 4.90 Å². The molecule has 0 bridgehead atoms. The van der Waals surface area contributed by atoms with Crippen molar-refractivity contribution >= 4 is 0 Å². The maximum absolute atomic E-state index is 12.2. The molecule has 2 rings (SSSR count). The number of rotatable bonds is 4. The fraction of sp³-hybridized carbons (Fsp3) is 1.00. The Hall–Kier alpha value is -0.150. The Balaban J connectivity index is 1.90. The molecule has 0 spiro atoms. The van der Waals surface area contributed by atoms with Gasteiger partial charge in [-0.15, -0.1) is 0 Å². The van der Waals surface area contributed by atoms with Gasteiger partial charge in [-0.3, -0.25) is 9.29 Å². The number of likely N-dealkylation sites (tertiary alicyclic amines) is 1. The topological polar surface area (TPSA) is 23.5 Å². The summed E-state index contributed by atoms with van der Waals surface area (Å²) in [7, 11) is 0. The normalized spacial score (nSPS) is 36.8. The van der Waals surface area contributed by atoms with E-state index in [-0.39, 0.29) is 12.8 Å². The summed E-state index contributed by atoms with van der Waals surface area (Å²) in [4.78, 5) is 2.42. The molecule has 94 valence electrons. The Morgan fingerprint density at radius 3 is 2.69 bits per heavy atom. The molecule has 0 aromatic carbocycles. The van der Waals surface area contributed by atoms with Crippen molar-refractivity contribution in [2.45, 2.75) is 57.1 Å². The van der Waals surface area contributed by atoms with Crippen molar-refractivity contribution in [3.63, 3.8) is 0 Å². The number of hydrogen-bond acceptors (Lipinski definition) is 2. The molecule has 1 heterocycles. The van der Waals surface area contributed by atoms with Gasteiger partial charge < -0.3 is 5.11 Å². The summed E-state index contributed by atoms with van der Waals surface area (Å²) in [6, 6.07) is 0.529. The lowest BCUT2D eigenvalue weighted by atomic mass is 9.80. The van der Waals surface area contributed by atoms with Crippen LogP contribution in [0.25, 0.3) is 0 Å². The molecule has 0 aromatic heterocycles.